The highest BCUT2D eigenvalue weighted by molar-refractivity contribution is 6.07. The van der Waals surface area contributed by atoms with Crippen molar-refractivity contribution in [2.24, 2.45) is 0 Å². The number of hydrogen-bond acceptors (Lipinski definition) is 6. The van der Waals surface area contributed by atoms with Crippen LogP contribution in [0.15, 0.2) is 48.5 Å². The van der Waals surface area contributed by atoms with Crippen molar-refractivity contribution in [3.05, 3.63) is 59.7 Å². The maximum absolute atomic E-state index is 13.4. The summed E-state index contributed by atoms with van der Waals surface area (Å²) in [6.45, 7) is 8.80. The van der Waals surface area contributed by atoms with E-state index in [4.69, 9.17) is 19.2 Å². The topological polar surface area (TPSA) is 86.3 Å². The Hall–Kier alpha value is -3.10. The third kappa shape index (κ3) is 4.56. The number of alkyl carbamates (subject to hydrolysis) is 1. The smallest absolute Gasteiger partial charge is 0.410 e. The second kappa shape index (κ2) is 8.44. The number of methoxy groups -OCH3 is 1. The van der Waals surface area contributed by atoms with E-state index in [2.05, 4.69) is 5.32 Å². The molecule has 0 bridgehead atoms. The van der Waals surface area contributed by atoms with Crippen molar-refractivity contribution >= 4 is 17.7 Å². The SMILES string of the molecule is COc1ccc2c(c1)[C@@](NC(=O)OC(C)(C)C)(OOC(C)(C)c1ccccc1)C(=O)N2C. The van der Waals surface area contributed by atoms with Crippen LogP contribution in [-0.2, 0) is 30.6 Å². The summed E-state index contributed by atoms with van der Waals surface area (Å²) >= 11 is 0. The van der Waals surface area contributed by atoms with Crippen molar-refractivity contribution in [1.82, 2.24) is 5.32 Å². The number of fused-ring (bicyclic) bond motifs is 1. The summed E-state index contributed by atoms with van der Waals surface area (Å²) in [7, 11) is 3.11. The van der Waals surface area contributed by atoms with E-state index in [1.165, 1.54) is 12.0 Å². The summed E-state index contributed by atoms with van der Waals surface area (Å²) in [4.78, 5) is 39.3. The Morgan fingerprint density at radius 1 is 1.03 bits per heavy atom. The first-order valence-electron chi connectivity index (χ1n) is 10.3. The highest BCUT2D eigenvalue weighted by atomic mass is 17.2. The average molecular weight is 443 g/mol. The molecule has 0 aromatic heterocycles. The van der Waals surface area contributed by atoms with Crippen molar-refractivity contribution in [2.75, 3.05) is 19.1 Å². The van der Waals surface area contributed by atoms with Crippen molar-refractivity contribution in [2.45, 2.75) is 51.5 Å². The molecule has 1 atom stereocenters. The molecule has 8 heteroatoms. The molecular weight excluding hydrogens is 412 g/mol. The molecule has 3 rings (SSSR count). The van der Waals surface area contributed by atoms with Gasteiger partial charge < -0.3 is 14.4 Å². The molecule has 1 N–H and O–H groups in total. The molecule has 0 radical (unpaired) electrons. The standard InChI is InChI=1S/C24H30N2O6/c1-22(2,3)30-21(28)25-24(32-31-23(4,5)16-11-9-8-10-12-16)18-15-17(29-7)13-14-19(18)26(6)20(24)27/h8-15H,1-7H3,(H,25,28)/t24-/m1/s1. The van der Waals surface area contributed by atoms with Crippen LogP contribution in [0.2, 0.25) is 0 Å². The van der Waals surface area contributed by atoms with Gasteiger partial charge >= 0.3 is 6.09 Å². The first-order valence-corrected chi connectivity index (χ1v) is 10.3. The second-order valence-corrected chi connectivity index (χ2v) is 9.10. The van der Waals surface area contributed by atoms with Gasteiger partial charge in [-0.15, -0.1) is 0 Å². The molecule has 172 valence electrons. The Labute approximate surface area is 188 Å². The summed E-state index contributed by atoms with van der Waals surface area (Å²) in [5, 5.41) is 2.61. The monoisotopic (exact) mass is 442 g/mol. The Balaban J connectivity index is 2.03. The predicted octanol–water partition coefficient (Wildman–Crippen LogP) is 4.23. The number of nitrogens with zero attached hydrogens (tertiary/aromatic N) is 1. The zero-order chi connectivity index (χ0) is 23.7. The second-order valence-electron chi connectivity index (χ2n) is 9.10. The van der Waals surface area contributed by atoms with Gasteiger partial charge in [0.15, 0.2) is 0 Å². The minimum Gasteiger partial charge on any atom is -0.497 e. The van der Waals surface area contributed by atoms with Crippen molar-refractivity contribution in [1.29, 1.82) is 0 Å². The van der Waals surface area contributed by atoms with Crippen molar-refractivity contribution in [3.8, 4) is 5.75 Å². The number of carbonyl (C=O) groups excluding carboxylic acids is 2. The molecule has 0 fully saturated rings. The van der Waals surface area contributed by atoms with Gasteiger partial charge in [-0.3, -0.25) is 10.1 Å². The Kier molecular flexibility index (Phi) is 6.22. The van der Waals surface area contributed by atoms with Crippen molar-refractivity contribution in [3.63, 3.8) is 0 Å². The summed E-state index contributed by atoms with van der Waals surface area (Å²) in [6.07, 6.45) is -0.823. The van der Waals surface area contributed by atoms with Gasteiger partial charge in [-0.2, -0.15) is 4.89 Å². The highest BCUT2D eigenvalue weighted by Crippen LogP contribution is 2.43. The summed E-state index contributed by atoms with van der Waals surface area (Å²) in [5.41, 5.74) is -1.92. The van der Waals surface area contributed by atoms with Crippen LogP contribution in [0.25, 0.3) is 0 Å². The van der Waals surface area contributed by atoms with Gasteiger partial charge in [0.1, 0.15) is 17.0 Å². The molecule has 1 aliphatic rings. The highest BCUT2D eigenvalue weighted by Gasteiger charge is 2.55. The minimum absolute atomic E-state index is 0.374. The fourth-order valence-electron chi connectivity index (χ4n) is 3.40. The molecule has 0 saturated carbocycles. The third-order valence-corrected chi connectivity index (χ3v) is 5.07. The molecule has 2 aromatic rings. The third-order valence-electron chi connectivity index (χ3n) is 5.07. The van der Waals surface area contributed by atoms with Gasteiger partial charge in [0.05, 0.1) is 12.8 Å². The van der Waals surface area contributed by atoms with E-state index >= 15 is 0 Å². The first-order chi connectivity index (χ1) is 14.9. The van der Waals surface area contributed by atoms with Crippen LogP contribution in [0.5, 0.6) is 5.75 Å². The molecule has 0 spiro atoms. The van der Waals surface area contributed by atoms with E-state index in [0.717, 1.165) is 5.56 Å². The lowest BCUT2D eigenvalue weighted by Gasteiger charge is -2.33. The quantitative estimate of drug-likeness (QED) is 0.409. The van der Waals surface area contributed by atoms with Crippen LogP contribution in [-0.4, -0.2) is 31.8 Å². The maximum atomic E-state index is 13.4. The van der Waals surface area contributed by atoms with Crippen LogP contribution in [0.3, 0.4) is 0 Å². The molecule has 2 aromatic carbocycles. The summed E-state index contributed by atoms with van der Waals surface area (Å²) in [5.74, 6) is -0.0383. The van der Waals surface area contributed by atoms with Gasteiger partial charge in [0.25, 0.3) is 11.6 Å². The lowest BCUT2D eigenvalue weighted by molar-refractivity contribution is -0.409. The first kappa shape index (κ1) is 23.6. The van der Waals surface area contributed by atoms with E-state index in [0.29, 0.717) is 17.0 Å². The van der Waals surface area contributed by atoms with E-state index in [1.807, 2.05) is 30.3 Å². The average Bonchev–Trinajstić information content (AvgIpc) is 2.93. The van der Waals surface area contributed by atoms with Crippen LogP contribution >= 0.6 is 0 Å². The van der Waals surface area contributed by atoms with E-state index in [-0.39, 0.29) is 0 Å². The van der Waals surface area contributed by atoms with Gasteiger partial charge in [0, 0.05) is 12.6 Å². The molecule has 2 amide bonds. The van der Waals surface area contributed by atoms with Gasteiger partial charge in [-0.05, 0) is 58.4 Å². The Bertz CT molecular complexity index is 999. The van der Waals surface area contributed by atoms with Gasteiger partial charge in [-0.25, -0.2) is 9.68 Å². The fourth-order valence-corrected chi connectivity index (χ4v) is 3.40. The van der Waals surface area contributed by atoms with Crippen LogP contribution in [0.1, 0.15) is 45.7 Å². The maximum Gasteiger partial charge on any atom is 0.410 e. The zero-order valence-electron chi connectivity index (χ0n) is 19.5. The van der Waals surface area contributed by atoms with E-state index in [9.17, 15) is 9.59 Å². The molecule has 1 heterocycles. The largest absolute Gasteiger partial charge is 0.497 e. The lowest BCUT2D eigenvalue weighted by Crippen LogP contribution is -2.56. The molecule has 0 aliphatic carbocycles. The van der Waals surface area contributed by atoms with Crippen LogP contribution in [0.4, 0.5) is 10.5 Å². The predicted molar refractivity (Wildman–Crippen MR) is 119 cm³/mol. The fraction of sp³-hybridized carbons (Fsp3) is 0.417. The number of nitrogens with one attached hydrogen (secondary N) is 1. The molecule has 0 unspecified atom stereocenters. The zero-order valence-corrected chi connectivity index (χ0v) is 19.5. The number of rotatable bonds is 6. The Morgan fingerprint density at radius 3 is 2.28 bits per heavy atom. The number of likely N-dealkylation sites (N-methyl/N-ethyl adjacent to an activating group) is 1. The van der Waals surface area contributed by atoms with E-state index < -0.39 is 28.9 Å². The lowest BCUT2D eigenvalue weighted by atomic mass is 9.99. The summed E-state index contributed by atoms with van der Waals surface area (Å²) in [6, 6.07) is 14.5. The number of benzene rings is 2. The molecular formula is C24H30N2O6. The molecule has 1 aliphatic heterocycles. The number of carbonyl (C=O) groups is 2. The van der Waals surface area contributed by atoms with Gasteiger partial charge in [-0.1, -0.05) is 30.3 Å². The van der Waals surface area contributed by atoms with E-state index in [1.54, 1.807) is 59.9 Å². The minimum atomic E-state index is -1.97. The Morgan fingerprint density at radius 2 is 1.69 bits per heavy atom. The van der Waals surface area contributed by atoms with Gasteiger partial charge in [0.2, 0.25) is 0 Å². The molecule has 8 nitrogen and oxygen atoms in total. The number of hydrogen-bond donors (Lipinski definition) is 1. The molecule has 32 heavy (non-hydrogen) atoms. The van der Waals surface area contributed by atoms with Crippen LogP contribution in [0, 0.1) is 0 Å². The van der Waals surface area contributed by atoms with Crippen LogP contribution < -0.4 is 15.0 Å². The number of anilines is 1. The number of ether oxygens (including phenoxy) is 2. The molecule has 0 saturated heterocycles. The number of amides is 2. The summed E-state index contributed by atoms with van der Waals surface area (Å²) < 4.78 is 10.7. The van der Waals surface area contributed by atoms with Crippen molar-refractivity contribution < 1.29 is 28.8 Å². The normalized spacial score (nSPS) is 18.3.